The first-order valence-corrected chi connectivity index (χ1v) is 15.7. The third kappa shape index (κ3) is 6.40. The molecule has 3 heterocycles. The molecule has 0 spiro atoms. The Morgan fingerprint density at radius 3 is 1.82 bits per heavy atom. The van der Waals surface area contributed by atoms with E-state index in [2.05, 4.69) is 34.1 Å². The lowest BCUT2D eigenvalue weighted by molar-refractivity contribution is 0.103. The summed E-state index contributed by atoms with van der Waals surface area (Å²) in [5, 5.41) is 0. The number of fused-ring (bicyclic) bond motifs is 1. The van der Waals surface area contributed by atoms with Gasteiger partial charge in [0, 0.05) is 34.0 Å². The van der Waals surface area contributed by atoms with Crippen LogP contribution < -0.4 is 9.47 Å². The molecule has 0 radical (unpaired) electrons. The van der Waals surface area contributed by atoms with Crippen molar-refractivity contribution in [1.82, 2.24) is 9.80 Å². The molecule has 3 aliphatic rings. The SMILES string of the molecule is O=C(c1ccc(OCCN2CCCC2)cc1)c1c(-c2ccc(OCCN3CCCC3)cc2)sc2c1CCCC2. The number of hydrogen-bond donors (Lipinski definition) is 0. The second-order valence-electron chi connectivity index (χ2n) is 11.1. The van der Waals surface area contributed by atoms with E-state index < -0.39 is 0 Å². The van der Waals surface area contributed by atoms with Crippen molar-refractivity contribution in [2.24, 2.45) is 0 Å². The second-order valence-corrected chi connectivity index (χ2v) is 12.2. The summed E-state index contributed by atoms with van der Waals surface area (Å²) in [6.07, 6.45) is 9.60. The van der Waals surface area contributed by atoms with Crippen molar-refractivity contribution in [3.8, 4) is 21.9 Å². The number of hydrogen-bond acceptors (Lipinski definition) is 6. The van der Waals surface area contributed by atoms with E-state index in [1.807, 2.05) is 35.6 Å². The Balaban J connectivity index is 1.15. The molecule has 39 heavy (non-hydrogen) atoms. The molecule has 1 aromatic heterocycles. The van der Waals surface area contributed by atoms with E-state index in [0.29, 0.717) is 13.2 Å². The van der Waals surface area contributed by atoms with Gasteiger partial charge in [0.05, 0.1) is 0 Å². The van der Waals surface area contributed by atoms with Crippen molar-refractivity contribution >= 4 is 17.1 Å². The van der Waals surface area contributed by atoms with Crippen LogP contribution in [0.3, 0.4) is 0 Å². The van der Waals surface area contributed by atoms with E-state index >= 15 is 0 Å². The zero-order valence-corrected chi connectivity index (χ0v) is 23.8. The average Bonchev–Trinajstić information content (AvgIpc) is 3.75. The first kappa shape index (κ1) is 26.5. The molecule has 5 nitrogen and oxygen atoms in total. The van der Waals surface area contributed by atoms with Gasteiger partial charge in [-0.3, -0.25) is 14.6 Å². The Morgan fingerprint density at radius 2 is 1.23 bits per heavy atom. The summed E-state index contributed by atoms with van der Waals surface area (Å²) in [6, 6.07) is 16.1. The minimum Gasteiger partial charge on any atom is -0.492 e. The molecule has 6 rings (SSSR count). The highest BCUT2D eigenvalue weighted by molar-refractivity contribution is 7.16. The fraction of sp³-hybridized carbons (Fsp3) is 0.485. The molecule has 6 heteroatoms. The van der Waals surface area contributed by atoms with Crippen LogP contribution in [0, 0.1) is 0 Å². The Kier molecular flexibility index (Phi) is 8.62. The van der Waals surface area contributed by atoms with Crippen LogP contribution in [0.25, 0.3) is 10.4 Å². The third-order valence-electron chi connectivity index (χ3n) is 8.38. The van der Waals surface area contributed by atoms with Gasteiger partial charge < -0.3 is 9.47 Å². The number of ketones is 1. The molecule has 0 saturated carbocycles. The van der Waals surface area contributed by atoms with E-state index in [1.165, 1.54) is 68.7 Å². The Morgan fingerprint density at radius 1 is 0.692 bits per heavy atom. The molecule has 2 aliphatic heterocycles. The number of aryl methyl sites for hydroxylation is 1. The molecule has 0 amide bonds. The van der Waals surface area contributed by atoms with Crippen LogP contribution >= 0.6 is 11.3 Å². The molecule has 206 valence electrons. The van der Waals surface area contributed by atoms with Crippen molar-refractivity contribution in [3.63, 3.8) is 0 Å². The summed E-state index contributed by atoms with van der Waals surface area (Å²) in [5.74, 6) is 1.85. The Labute approximate surface area is 236 Å². The summed E-state index contributed by atoms with van der Waals surface area (Å²) in [4.78, 5) is 21.3. The zero-order chi connectivity index (χ0) is 26.4. The largest absolute Gasteiger partial charge is 0.492 e. The van der Waals surface area contributed by atoms with Crippen molar-refractivity contribution < 1.29 is 14.3 Å². The van der Waals surface area contributed by atoms with Gasteiger partial charge in [0.1, 0.15) is 24.7 Å². The lowest BCUT2D eigenvalue weighted by Gasteiger charge is -2.15. The van der Waals surface area contributed by atoms with E-state index in [0.717, 1.165) is 65.4 Å². The molecule has 0 atom stereocenters. The molecule has 0 bridgehead atoms. The number of nitrogens with zero attached hydrogens (tertiary/aromatic N) is 2. The number of carbonyl (C=O) groups excluding carboxylic acids is 1. The first-order valence-electron chi connectivity index (χ1n) is 14.8. The number of rotatable bonds is 11. The van der Waals surface area contributed by atoms with Gasteiger partial charge in [0.25, 0.3) is 0 Å². The fourth-order valence-electron chi connectivity index (χ4n) is 6.16. The minimum absolute atomic E-state index is 0.124. The molecule has 3 aromatic rings. The number of ether oxygens (including phenoxy) is 2. The molecular weight excluding hydrogens is 504 g/mol. The van der Waals surface area contributed by atoms with E-state index in [9.17, 15) is 4.79 Å². The van der Waals surface area contributed by atoms with E-state index in [-0.39, 0.29) is 5.78 Å². The zero-order valence-electron chi connectivity index (χ0n) is 23.0. The highest BCUT2D eigenvalue weighted by Gasteiger charge is 2.27. The lowest BCUT2D eigenvalue weighted by atomic mass is 9.90. The van der Waals surface area contributed by atoms with E-state index in [1.54, 1.807) is 0 Å². The smallest absolute Gasteiger partial charge is 0.194 e. The van der Waals surface area contributed by atoms with Crippen LogP contribution in [0.4, 0.5) is 0 Å². The van der Waals surface area contributed by atoms with Gasteiger partial charge in [-0.2, -0.15) is 0 Å². The van der Waals surface area contributed by atoms with Crippen LogP contribution in [0.1, 0.15) is 64.9 Å². The second kappa shape index (κ2) is 12.7. The number of thiophene rings is 1. The van der Waals surface area contributed by atoms with Crippen molar-refractivity contribution in [1.29, 1.82) is 0 Å². The van der Waals surface area contributed by atoms with Crippen molar-refractivity contribution in [3.05, 3.63) is 70.1 Å². The lowest BCUT2D eigenvalue weighted by Crippen LogP contribution is -2.25. The van der Waals surface area contributed by atoms with Gasteiger partial charge in [0.2, 0.25) is 0 Å². The van der Waals surface area contributed by atoms with Gasteiger partial charge in [-0.25, -0.2) is 0 Å². The predicted octanol–water partition coefficient (Wildman–Crippen LogP) is 6.47. The summed E-state index contributed by atoms with van der Waals surface area (Å²) < 4.78 is 12.0. The highest BCUT2D eigenvalue weighted by atomic mass is 32.1. The molecule has 0 N–H and O–H groups in total. The average molecular weight is 545 g/mol. The maximum atomic E-state index is 13.9. The summed E-state index contributed by atoms with van der Waals surface area (Å²) in [5.41, 5.74) is 4.01. The fourth-order valence-corrected chi connectivity index (χ4v) is 7.55. The molecule has 0 unspecified atom stereocenters. The number of carbonyl (C=O) groups is 1. The molecule has 2 saturated heterocycles. The van der Waals surface area contributed by atoms with Crippen LogP contribution in [-0.2, 0) is 12.8 Å². The maximum Gasteiger partial charge on any atom is 0.194 e. The van der Waals surface area contributed by atoms with Crippen LogP contribution in [0.15, 0.2) is 48.5 Å². The third-order valence-corrected chi connectivity index (χ3v) is 9.72. The van der Waals surface area contributed by atoms with Gasteiger partial charge in [-0.15, -0.1) is 11.3 Å². The van der Waals surface area contributed by atoms with Crippen molar-refractivity contribution in [2.75, 3.05) is 52.5 Å². The quantitative estimate of drug-likeness (QED) is 0.259. The van der Waals surface area contributed by atoms with Gasteiger partial charge in [0.15, 0.2) is 5.78 Å². The molecule has 2 fully saturated rings. The standard InChI is InChI=1S/C33H40N2O3S/c36-32(25-9-13-27(14-10-25)37-23-21-34-17-3-4-18-34)31-29-7-1-2-8-30(29)39-33(31)26-11-15-28(16-12-26)38-24-22-35-19-5-6-20-35/h9-16H,1-8,17-24H2. The Bertz CT molecular complexity index is 1240. The maximum absolute atomic E-state index is 13.9. The highest BCUT2D eigenvalue weighted by Crippen LogP contribution is 2.42. The van der Waals surface area contributed by atoms with Gasteiger partial charge in [-0.1, -0.05) is 0 Å². The summed E-state index contributed by atoms with van der Waals surface area (Å²) in [6.45, 7) is 8.10. The van der Waals surface area contributed by atoms with Gasteiger partial charge >= 0.3 is 0 Å². The topological polar surface area (TPSA) is 42.0 Å². The Hall–Kier alpha value is -2.67. The van der Waals surface area contributed by atoms with E-state index in [4.69, 9.17) is 9.47 Å². The molecule has 1 aliphatic carbocycles. The number of benzene rings is 2. The van der Waals surface area contributed by atoms with Gasteiger partial charge in [-0.05, 0) is 137 Å². The molecule has 2 aromatic carbocycles. The van der Waals surface area contributed by atoms with Crippen LogP contribution in [0.2, 0.25) is 0 Å². The van der Waals surface area contributed by atoms with Crippen LogP contribution in [0.5, 0.6) is 11.5 Å². The minimum atomic E-state index is 0.124. The van der Waals surface area contributed by atoms with Crippen LogP contribution in [-0.4, -0.2) is 68.1 Å². The summed E-state index contributed by atoms with van der Waals surface area (Å²) >= 11 is 1.81. The normalized spacial score (nSPS) is 17.8. The first-order chi connectivity index (χ1) is 19.2. The number of likely N-dealkylation sites (tertiary alicyclic amines) is 2. The predicted molar refractivity (Wildman–Crippen MR) is 159 cm³/mol. The summed E-state index contributed by atoms with van der Waals surface area (Å²) in [7, 11) is 0. The van der Waals surface area contributed by atoms with Crippen molar-refractivity contribution in [2.45, 2.75) is 51.4 Å². The molecular formula is C33H40N2O3S. The monoisotopic (exact) mass is 544 g/mol.